The summed E-state index contributed by atoms with van der Waals surface area (Å²) in [5.74, 6) is 0.254. The largest absolute Gasteiger partial charge is 0.445 e. The number of thiophene rings is 1. The molecule has 2 aromatic rings. The van der Waals surface area contributed by atoms with Gasteiger partial charge in [0.25, 0.3) is 5.69 Å². The molecule has 0 bridgehead atoms. The number of nitriles is 1. The molecule has 0 atom stereocenters. The standard InChI is InChI=1S/C11H5N3O5S/c12-6-7-5-10(14(17)18)20-11(7)19-9-3-1-8(2-4-9)13(15)16/h1-5H. The average molecular weight is 291 g/mol. The molecule has 1 heterocycles. The Morgan fingerprint density at radius 1 is 1.15 bits per heavy atom. The number of hydrogen-bond acceptors (Lipinski definition) is 7. The summed E-state index contributed by atoms with van der Waals surface area (Å²) in [5.41, 5.74) is -0.0601. The maximum atomic E-state index is 10.6. The van der Waals surface area contributed by atoms with Crippen LogP contribution in [0, 0.1) is 31.6 Å². The summed E-state index contributed by atoms with van der Waals surface area (Å²) in [5, 5.41) is 29.9. The number of benzene rings is 1. The maximum absolute atomic E-state index is 10.6. The minimum Gasteiger partial charge on any atom is -0.445 e. The van der Waals surface area contributed by atoms with E-state index in [4.69, 9.17) is 10.00 Å². The van der Waals surface area contributed by atoms with Crippen LogP contribution in [-0.2, 0) is 0 Å². The van der Waals surface area contributed by atoms with Gasteiger partial charge < -0.3 is 4.74 Å². The number of nitro groups is 2. The van der Waals surface area contributed by atoms with Crippen LogP contribution >= 0.6 is 11.3 Å². The van der Waals surface area contributed by atoms with Gasteiger partial charge in [-0.15, -0.1) is 0 Å². The molecule has 100 valence electrons. The van der Waals surface area contributed by atoms with Gasteiger partial charge in [0.1, 0.15) is 17.4 Å². The van der Waals surface area contributed by atoms with Gasteiger partial charge in [-0.25, -0.2) is 0 Å². The Morgan fingerprint density at radius 3 is 2.30 bits per heavy atom. The predicted molar refractivity (Wildman–Crippen MR) is 68.9 cm³/mol. The van der Waals surface area contributed by atoms with Gasteiger partial charge in [-0.05, 0) is 23.5 Å². The SMILES string of the molecule is N#Cc1cc([N+](=O)[O-])sc1Oc1ccc([N+](=O)[O-])cc1. The minimum absolute atomic E-state index is 0.0417. The molecule has 0 fully saturated rings. The van der Waals surface area contributed by atoms with Crippen LogP contribution in [0.15, 0.2) is 30.3 Å². The predicted octanol–water partition coefficient (Wildman–Crippen LogP) is 3.23. The summed E-state index contributed by atoms with van der Waals surface area (Å²) in [6, 6.07) is 8.09. The van der Waals surface area contributed by atoms with E-state index in [1.807, 2.05) is 0 Å². The lowest BCUT2D eigenvalue weighted by Crippen LogP contribution is -1.88. The maximum Gasteiger partial charge on any atom is 0.328 e. The first-order valence-electron chi connectivity index (χ1n) is 5.12. The van der Waals surface area contributed by atoms with E-state index in [9.17, 15) is 20.2 Å². The Kier molecular flexibility index (Phi) is 3.58. The fourth-order valence-corrected chi connectivity index (χ4v) is 2.14. The highest BCUT2D eigenvalue weighted by Gasteiger charge is 2.18. The number of non-ortho nitro benzene ring substituents is 1. The second-order valence-electron chi connectivity index (χ2n) is 3.51. The van der Waals surface area contributed by atoms with E-state index < -0.39 is 9.85 Å². The van der Waals surface area contributed by atoms with E-state index in [1.54, 1.807) is 6.07 Å². The van der Waals surface area contributed by atoms with E-state index in [0.29, 0.717) is 0 Å². The van der Waals surface area contributed by atoms with Crippen LogP contribution in [-0.4, -0.2) is 9.85 Å². The Bertz CT molecular complexity index is 717. The number of rotatable bonds is 4. The molecule has 0 aliphatic carbocycles. The fourth-order valence-electron chi connectivity index (χ4n) is 1.35. The summed E-state index contributed by atoms with van der Waals surface area (Å²) in [6.45, 7) is 0. The van der Waals surface area contributed by atoms with Gasteiger partial charge in [0, 0.05) is 18.2 Å². The van der Waals surface area contributed by atoms with E-state index in [1.165, 1.54) is 24.3 Å². The van der Waals surface area contributed by atoms with Crippen molar-refractivity contribution < 1.29 is 14.6 Å². The summed E-state index contributed by atoms with van der Waals surface area (Å²) in [6.07, 6.45) is 0. The summed E-state index contributed by atoms with van der Waals surface area (Å²) in [7, 11) is 0. The molecule has 0 saturated heterocycles. The van der Waals surface area contributed by atoms with Crippen LogP contribution < -0.4 is 4.74 Å². The minimum atomic E-state index is -0.617. The molecule has 0 aliphatic heterocycles. The molecule has 0 radical (unpaired) electrons. The number of hydrogen-bond donors (Lipinski definition) is 0. The van der Waals surface area contributed by atoms with Crippen molar-refractivity contribution in [3.8, 4) is 16.9 Å². The van der Waals surface area contributed by atoms with Crippen LogP contribution in [0.3, 0.4) is 0 Å². The van der Waals surface area contributed by atoms with Gasteiger partial charge in [0.2, 0.25) is 5.06 Å². The molecular formula is C11H5N3O5S. The molecule has 8 nitrogen and oxygen atoms in total. The van der Waals surface area contributed by atoms with Crippen molar-refractivity contribution in [1.82, 2.24) is 0 Å². The highest BCUT2D eigenvalue weighted by molar-refractivity contribution is 7.17. The first-order valence-corrected chi connectivity index (χ1v) is 5.93. The van der Waals surface area contributed by atoms with Gasteiger partial charge in [-0.2, -0.15) is 5.26 Å². The fraction of sp³-hybridized carbons (Fsp3) is 0. The summed E-state index contributed by atoms with van der Waals surface area (Å²) >= 11 is 0.720. The van der Waals surface area contributed by atoms with Crippen molar-refractivity contribution in [1.29, 1.82) is 5.26 Å². The molecule has 9 heteroatoms. The van der Waals surface area contributed by atoms with Gasteiger partial charge >= 0.3 is 5.00 Å². The van der Waals surface area contributed by atoms with E-state index in [-0.39, 0.29) is 27.1 Å². The average Bonchev–Trinajstić information content (AvgIpc) is 2.82. The molecule has 1 aromatic carbocycles. The molecule has 1 aromatic heterocycles. The molecule has 0 spiro atoms. The second-order valence-corrected chi connectivity index (χ2v) is 4.50. The molecule has 0 unspecified atom stereocenters. The first-order chi connectivity index (χ1) is 9.51. The van der Waals surface area contributed by atoms with Crippen molar-refractivity contribution in [2.24, 2.45) is 0 Å². The Morgan fingerprint density at radius 2 is 1.80 bits per heavy atom. The van der Waals surface area contributed by atoms with Crippen molar-refractivity contribution in [3.05, 3.63) is 56.1 Å². The van der Waals surface area contributed by atoms with E-state index in [0.717, 1.165) is 17.4 Å². The summed E-state index contributed by atoms with van der Waals surface area (Å²) in [4.78, 5) is 20.0. The van der Waals surface area contributed by atoms with Crippen LogP contribution in [0.4, 0.5) is 10.7 Å². The first kappa shape index (κ1) is 13.4. The smallest absolute Gasteiger partial charge is 0.328 e. The molecule has 0 amide bonds. The topological polar surface area (TPSA) is 119 Å². The zero-order valence-electron chi connectivity index (χ0n) is 9.68. The van der Waals surface area contributed by atoms with Gasteiger partial charge in [0.15, 0.2) is 0 Å². The Balaban J connectivity index is 2.27. The number of ether oxygens (including phenoxy) is 1. The third-order valence-corrected chi connectivity index (χ3v) is 3.21. The molecule has 20 heavy (non-hydrogen) atoms. The lowest BCUT2D eigenvalue weighted by atomic mass is 10.3. The highest BCUT2D eigenvalue weighted by Crippen LogP contribution is 2.38. The quantitative estimate of drug-likeness (QED) is 0.630. The molecular weight excluding hydrogens is 286 g/mol. The molecule has 0 N–H and O–H groups in total. The van der Waals surface area contributed by atoms with Crippen LogP contribution in [0.2, 0.25) is 0 Å². The zero-order valence-corrected chi connectivity index (χ0v) is 10.5. The lowest BCUT2D eigenvalue weighted by Gasteiger charge is -2.02. The van der Waals surface area contributed by atoms with Crippen LogP contribution in [0.5, 0.6) is 10.8 Å². The monoisotopic (exact) mass is 291 g/mol. The Labute approximate surface area is 115 Å². The van der Waals surface area contributed by atoms with E-state index >= 15 is 0 Å². The van der Waals surface area contributed by atoms with Crippen molar-refractivity contribution in [3.63, 3.8) is 0 Å². The third kappa shape index (κ3) is 2.70. The van der Waals surface area contributed by atoms with Gasteiger partial charge in [-0.3, -0.25) is 20.2 Å². The van der Waals surface area contributed by atoms with Gasteiger partial charge in [0.05, 0.1) is 9.85 Å². The molecule has 0 saturated carbocycles. The van der Waals surface area contributed by atoms with Crippen LogP contribution in [0.1, 0.15) is 5.56 Å². The van der Waals surface area contributed by atoms with Crippen LogP contribution in [0.25, 0.3) is 0 Å². The molecule has 0 aliphatic rings. The van der Waals surface area contributed by atoms with Gasteiger partial charge in [-0.1, -0.05) is 0 Å². The Hall–Kier alpha value is -2.99. The zero-order chi connectivity index (χ0) is 14.7. The number of nitro benzene ring substituents is 1. The van der Waals surface area contributed by atoms with E-state index in [2.05, 4.69) is 0 Å². The second kappa shape index (κ2) is 5.33. The van der Waals surface area contributed by atoms with Crippen molar-refractivity contribution >= 4 is 22.0 Å². The third-order valence-electron chi connectivity index (χ3n) is 2.24. The highest BCUT2D eigenvalue weighted by atomic mass is 32.1. The number of nitrogens with zero attached hydrogens (tertiary/aromatic N) is 3. The normalized spacial score (nSPS) is 9.75. The van der Waals surface area contributed by atoms with Crippen molar-refractivity contribution in [2.45, 2.75) is 0 Å². The summed E-state index contributed by atoms with van der Waals surface area (Å²) < 4.78 is 5.33. The lowest BCUT2D eigenvalue weighted by molar-refractivity contribution is -0.384. The van der Waals surface area contributed by atoms with Crippen molar-refractivity contribution in [2.75, 3.05) is 0 Å². The molecule has 2 rings (SSSR count).